The lowest BCUT2D eigenvalue weighted by molar-refractivity contribution is 0.0698. The number of carbonyl (C=O) groups excluding carboxylic acids is 1. The molecular formula is C23H29N3O3S. The van der Waals surface area contributed by atoms with Gasteiger partial charge in [0.2, 0.25) is 10.0 Å². The zero-order valence-electron chi connectivity index (χ0n) is 17.7. The molecule has 2 aromatic rings. The number of hydrogen-bond donors (Lipinski definition) is 0. The molecule has 0 unspecified atom stereocenters. The lowest BCUT2D eigenvalue weighted by Gasteiger charge is -2.34. The van der Waals surface area contributed by atoms with Gasteiger partial charge in [0.15, 0.2) is 0 Å². The lowest BCUT2D eigenvalue weighted by atomic mass is 9.92. The molecule has 1 heterocycles. The third-order valence-corrected chi connectivity index (χ3v) is 8.01. The summed E-state index contributed by atoms with van der Waals surface area (Å²) in [6.45, 7) is 1.44. The van der Waals surface area contributed by atoms with Crippen molar-refractivity contribution in [3.63, 3.8) is 0 Å². The van der Waals surface area contributed by atoms with E-state index in [9.17, 15) is 13.2 Å². The van der Waals surface area contributed by atoms with Crippen LogP contribution >= 0.6 is 0 Å². The van der Waals surface area contributed by atoms with Crippen LogP contribution in [0.15, 0.2) is 47.4 Å². The summed E-state index contributed by atoms with van der Waals surface area (Å²) in [7, 11) is 0.380. The number of sulfonamides is 1. The quantitative estimate of drug-likeness (QED) is 0.753. The van der Waals surface area contributed by atoms with Crippen LogP contribution in [0.4, 0.5) is 5.69 Å². The molecule has 1 saturated heterocycles. The number of nitrogens with zero attached hydrogens (tertiary/aromatic N) is 3. The Kier molecular flexibility index (Phi) is 5.84. The van der Waals surface area contributed by atoms with Crippen LogP contribution in [0, 0.1) is 0 Å². The summed E-state index contributed by atoms with van der Waals surface area (Å²) in [4.78, 5) is 16.9. The molecule has 4 rings (SSSR count). The summed E-state index contributed by atoms with van der Waals surface area (Å²) in [5.74, 6) is -0.0499. The second-order valence-corrected chi connectivity index (χ2v) is 10.2. The van der Waals surface area contributed by atoms with Crippen molar-refractivity contribution >= 4 is 21.6 Å². The highest BCUT2D eigenvalue weighted by Gasteiger charge is 2.31. The average Bonchev–Trinajstić information content (AvgIpc) is 2.78. The van der Waals surface area contributed by atoms with Crippen molar-refractivity contribution in [1.82, 2.24) is 9.21 Å². The molecule has 1 aliphatic heterocycles. The Bertz CT molecular complexity index is 1020. The molecule has 0 N–H and O–H groups in total. The number of hydrogen-bond acceptors (Lipinski definition) is 4. The third-order valence-electron chi connectivity index (χ3n) is 6.11. The van der Waals surface area contributed by atoms with Crippen molar-refractivity contribution in [3.05, 3.63) is 59.2 Å². The van der Waals surface area contributed by atoms with Crippen LogP contribution in [-0.2, 0) is 22.9 Å². The van der Waals surface area contributed by atoms with E-state index < -0.39 is 10.0 Å². The highest BCUT2D eigenvalue weighted by Crippen LogP contribution is 2.26. The second-order valence-electron chi connectivity index (χ2n) is 8.28. The van der Waals surface area contributed by atoms with Crippen molar-refractivity contribution in [1.29, 1.82) is 0 Å². The van der Waals surface area contributed by atoms with Gasteiger partial charge in [-0.1, -0.05) is 6.07 Å². The molecule has 30 heavy (non-hydrogen) atoms. The number of carbonyl (C=O) groups is 1. The van der Waals surface area contributed by atoms with E-state index in [1.165, 1.54) is 16.3 Å². The molecule has 160 valence electrons. The number of rotatable bonds is 4. The molecule has 6 nitrogen and oxygen atoms in total. The molecule has 7 heteroatoms. The maximum atomic E-state index is 13.1. The van der Waals surface area contributed by atoms with Gasteiger partial charge < -0.3 is 9.80 Å². The summed E-state index contributed by atoms with van der Waals surface area (Å²) >= 11 is 0. The fourth-order valence-corrected chi connectivity index (χ4v) is 5.71. The number of piperazine rings is 1. The van der Waals surface area contributed by atoms with Gasteiger partial charge in [-0.05, 0) is 73.2 Å². The Morgan fingerprint density at radius 3 is 2.13 bits per heavy atom. The van der Waals surface area contributed by atoms with Gasteiger partial charge in [-0.15, -0.1) is 0 Å². The largest absolute Gasteiger partial charge is 0.378 e. The molecule has 2 aliphatic rings. The Morgan fingerprint density at radius 2 is 1.50 bits per heavy atom. The van der Waals surface area contributed by atoms with E-state index in [0.29, 0.717) is 36.6 Å². The Morgan fingerprint density at radius 1 is 0.867 bits per heavy atom. The van der Waals surface area contributed by atoms with E-state index in [2.05, 4.69) is 0 Å². The van der Waals surface area contributed by atoms with Gasteiger partial charge in [0.25, 0.3) is 5.91 Å². The van der Waals surface area contributed by atoms with Crippen LogP contribution in [-0.4, -0.2) is 63.8 Å². The fraction of sp³-hybridized carbons (Fsp3) is 0.435. The summed E-state index contributed by atoms with van der Waals surface area (Å²) < 4.78 is 27.8. The zero-order valence-corrected chi connectivity index (χ0v) is 18.5. The minimum atomic E-state index is -3.53. The SMILES string of the molecule is CN(C)c1ccc(C(=O)N2CCN(S(=O)(=O)c3ccc4c(c3)CCCC4)CC2)cc1. The molecule has 0 spiro atoms. The molecular weight excluding hydrogens is 398 g/mol. The van der Waals surface area contributed by atoms with Gasteiger partial charge in [0.1, 0.15) is 0 Å². The van der Waals surface area contributed by atoms with E-state index >= 15 is 0 Å². The monoisotopic (exact) mass is 427 g/mol. The average molecular weight is 428 g/mol. The molecule has 2 aromatic carbocycles. The third kappa shape index (κ3) is 4.09. The molecule has 0 saturated carbocycles. The smallest absolute Gasteiger partial charge is 0.253 e. The van der Waals surface area contributed by atoms with Crippen LogP contribution in [0.5, 0.6) is 0 Å². The number of amides is 1. The van der Waals surface area contributed by atoms with Crippen molar-refractivity contribution in [2.45, 2.75) is 30.6 Å². The predicted octanol–water partition coefficient (Wildman–Crippen LogP) is 2.78. The first-order valence-electron chi connectivity index (χ1n) is 10.5. The van der Waals surface area contributed by atoms with E-state index in [4.69, 9.17) is 0 Å². The summed E-state index contributed by atoms with van der Waals surface area (Å²) in [5, 5.41) is 0. The Hall–Kier alpha value is -2.38. The van der Waals surface area contributed by atoms with Crippen LogP contribution < -0.4 is 4.90 Å². The number of benzene rings is 2. The van der Waals surface area contributed by atoms with Gasteiger partial charge in [0.05, 0.1) is 4.90 Å². The van der Waals surface area contributed by atoms with Crippen molar-refractivity contribution in [3.8, 4) is 0 Å². The van der Waals surface area contributed by atoms with Gasteiger partial charge in [0, 0.05) is 51.5 Å². The van der Waals surface area contributed by atoms with Crippen LogP contribution in [0.25, 0.3) is 0 Å². The molecule has 0 bridgehead atoms. The molecule has 1 amide bonds. The summed E-state index contributed by atoms with van der Waals surface area (Å²) in [5.41, 5.74) is 4.10. The topological polar surface area (TPSA) is 60.9 Å². The maximum absolute atomic E-state index is 13.1. The van der Waals surface area contributed by atoms with Gasteiger partial charge in [-0.25, -0.2) is 8.42 Å². The zero-order chi connectivity index (χ0) is 21.3. The first-order chi connectivity index (χ1) is 14.4. The number of aryl methyl sites for hydroxylation is 2. The summed E-state index contributed by atoms with van der Waals surface area (Å²) in [6, 6.07) is 13.1. The van der Waals surface area contributed by atoms with Crippen molar-refractivity contribution in [2.24, 2.45) is 0 Å². The highest BCUT2D eigenvalue weighted by molar-refractivity contribution is 7.89. The lowest BCUT2D eigenvalue weighted by Crippen LogP contribution is -2.50. The molecule has 1 fully saturated rings. The molecule has 1 aliphatic carbocycles. The molecule has 0 radical (unpaired) electrons. The van der Waals surface area contributed by atoms with Gasteiger partial charge in [-0.3, -0.25) is 4.79 Å². The van der Waals surface area contributed by atoms with Crippen LogP contribution in [0.3, 0.4) is 0 Å². The van der Waals surface area contributed by atoms with Gasteiger partial charge >= 0.3 is 0 Å². The maximum Gasteiger partial charge on any atom is 0.253 e. The number of anilines is 1. The van der Waals surface area contributed by atoms with Crippen LogP contribution in [0.1, 0.15) is 34.3 Å². The van der Waals surface area contributed by atoms with E-state index in [-0.39, 0.29) is 5.91 Å². The van der Waals surface area contributed by atoms with E-state index in [1.807, 2.05) is 55.4 Å². The predicted molar refractivity (Wildman–Crippen MR) is 119 cm³/mol. The Balaban J connectivity index is 1.43. The van der Waals surface area contributed by atoms with Crippen LogP contribution in [0.2, 0.25) is 0 Å². The normalized spacial score (nSPS) is 17.5. The second kappa shape index (κ2) is 8.40. The minimum Gasteiger partial charge on any atom is -0.378 e. The minimum absolute atomic E-state index is 0.0499. The number of fused-ring (bicyclic) bond motifs is 1. The van der Waals surface area contributed by atoms with Gasteiger partial charge in [-0.2, -0.15) is 4.31 Å². The first-order valence-corrected chi connectivity index (χ1v) is 12.0. The molecule has 0 atom stereocenters. The summed E-state index contributed by atoms with van der Waals surface area (Å²) in [6.07, 6.45) is 4.28. The van der Waals surface area contributed by atoms with Crippen molar-refractivity contribution in [2.75, 3.05) is 45.2 Å². The first kappa shape index (κ1) is 20.9. The Labute approximate surface area is 179 Å². The van der Waals surface area contributed by atoms with E-state index in [1.54, 1.807) is 11.0 Å². The van der Waals surface area contributed by atoms with Crippen molar-refractivity contribution < 1.29 is 13.2 Å². The fourth-order valence-electron chi connectivity index (χ4n) is 4.24. The highest BCUT2D eigenvalue weighted by atomic mass is 32.2. The molecule has 0 aromatic heterocycles. The standard InChI is InChI=1S/C23H29N3O3S/c1-24(2)21-10-7-19(8-11-21)23(27)25-13-15-26(16-14-25)30(28,29)22-12-9-18-5-3-4-6-20(18)17-22/h7-12,17H,3-6,13-16H2,1-2H3. The van der Waals surface area contributed by atoms with E-state index in [0.717, 1.165) is 30.5 Å².